The molecule has 10 nitrogen and oxygen atoms in total. The fourth-order valence-electron chi connectivity index (χ4n) is 4.64. The van der Waals surface area contributed by atoms with Crippen molar-refractivity contribution in [1.29, 1.82) is 0 Å². The van der Waals surface area contributed by atoms with Crippen molar-refractivity contribution in [1.82, 2.24) is 14.8 Å². The van der Waals surface area contributed by atoms with E-state index in [1.165, 1.54) is 6.07 Å². The summed E-state index contributed by atoms with van der Waals surface area (Å²) in [6.45, 7) is 5.33. The Balaban J connectivity index is 1.50. The number of hydrogen-bond donors (Lipinski definition) is 1. The SMILES string of the molecule is COc1cccc2c(C)cc(-n3nc(C)cc3NC(=O)c3ccc(N4CCCC4)c([N+](=O)[O-])c3)nc12. The molecule has 10 heteroatoms. The van der Waals surface area contributed by atoms with Gasteiger partial charge in [0.1, 0.15) is 22.8 Å². The van der Waals surface area contributed by atoms with E-state index in [2.05, 4.69) is 10.4 Å². The molecule has 0 aliphatic carbocycles. The molecule has 5 rings (SSSR count). The van der Waals surface area contributed by atoms with Crippen LogP contribution in [0.25, 0.3) is 16.7 Å². The lowest BCUT2D eigenvalue weighted by Crippen LogP contribution is -2.20. The molecular formula is C26H26N6O4. The zero-order valence-corrected chi connectivity index (χ0v) is 20.3. The van der Waals surface area contributed by atoms with Crippen molar-refractivity contribution in [2.45, 2.75) is 26.7 Å². The van der Waals surface area contributed by atoms with E-state index >= 15 is 0 Å². The zero-order chi connectivity index (χ0) is 25.4. The number of benzene rings is 2. The number of hydrogen-bond acceptors (Lipinski definition) is 7. The summed E-state index contributed by atoms with van der Waals surface area (Å²) in [5, 5.41) is 20.1. The number of aryl methyl sites for hydroxylation is 2. The molecule has 3 heterocycles. The topological polar surface area (TPSA) is 115 Å². The molecule has 0 bridgehead atoms. The monoisotopic (exact) mass is 486 g/mol. The molecule has 0 saturated carbocycles. The number of fused-ring (bicyclic) bond motifs is 1. The maximum Gasteiger partial charge on any atom is 0.293 e. The van der Waals surface area contributed by atoms with Crippen molar-refractivity contribution in [3.63, 3.8) is 0 Å². The van der Waals surface area contributed by atoms with Gasteiger partial charge in [-0.3, -0.25) is 14.9 Å². The lowest BCUT2D eigenvalue weighted by Gasteiger charge is -2.18. The van der Waals surface area contributed by atoms with Crippen molar-refractivity contribution in [2.24, 2.45) is 0 Å². The first-order chi connectivity index (χ1) is 17.4. The number of nitrogens with one attached hydrogen (secondary N) is 1. The highest BCUT2D eigenvalue weighted by Gasteiger charge is 2.24. The summed E-state index contributed by atoms with van der Waals surface area (Å²) in [7, 11) is 1.59. The summed E-state index contributed by atoms with van der Waals surface area (Å²) in [5.74, 6) is 1.09. The molecule has 1 amide bonds. The van der Waals surface area contributed by atoms with Crippen LogP contribution >= 0.6 is 0 Å². The number of rotatable bonds is 6. The summed E-state index contributed by atoms with van der Waals surface area (Å²) in [6.07, 6.45) is 1.99. The number of carbonyl (C=O) groups excluding carboxylic acids is 1. The number of methoxy groups -OCH3 is 1. The normalized spacial score (nSPS) is 13.2. The summed E-state index contributed by atoms with van der Waals surface area (Å²) < 4.78 is 7.04. The molecule has 2 aromatic carbocycles. The first-order valence-corrected chi connectivity index (χ1v) is 11.7. The predicted molar refractivity (Wildman–Crippen MR) is 137 cm³/mol. The van der Waals surface area contributed by atoms with Crippen LogP contribution in [0.1, 0.15) is 34.5 Å². The molecule has 0 spiro atoms. The number of para-hydroxylation sites is 1. The van der Waals surface area contributed by atoms with Gasteiger partial charge in [0.25, 0.3) is 11.6 Å². The van der Waals surface area contributed by atoms with Crippen LogP contribution in [0.2, 0.25) is 0 Å². The quantitative estimate of drug-likeness (QED) is 0.307. The van der Waals surface area contributed by atoms with E-state index < -0.39 is 10.8 Å². The number of aromatic nitrogens is 3. The largest absolute Gasteiger partial charge is 0.494 e. The van der Waals surface area contributed by atoms with Crippen LogP contribution in [0.4, 0.5) is 17.2 Å². The molecular weight excluding hydrogens is 460 g/mol. The molecule has 1 fully saturated rings. The molecule has 1 aliphatic heterocycles. The third kappa shape index (κ3) is 4.21. The molecule has 4 aromatic rings. The number of nitro benzene ring substituents is 1. The highest BCUT2D eigenvalue weighted by molar-refractivity contribution is 6.05. The summed E-state index contributed by atoms with van der Waals surface area (Å²) in [5.41, 5.74) is 3.01. The maximum atomic E-state index is 13.2. The smallest absolute Gasteiger partial charge is 0.293 e. The third-order valence-corrected chi connectivity index (χ3v) is 6.39. The third-order valence-electron chi connectivity index (χ3n) is 6.39. The van der Waals surface area contributed by atoms with Crippen LogP contribution in [0.5, 0.6) is 5.75 Å². The van der Waals surface area contributed by atoms with Gasteiger partial charge in [0.15, 0.2) is 5.82 Å². The molecule has 0 radical (unpaired) electrons. The first kappa shape index (κ1) is 23.3. The molecule has 0 unspecified atom stereocenters. The second-order valence-electron chi connectivity index (χ2n) is 8.85. The highest BCUT2D eigenvalue weighted by atomic mass is 16.6. The maximum absolute atomic E-state index is 13.2. The zero-order valence-electron chi connectivity index (χ0n) is 20.3. The summed E-state index contributed by atoms with van der Waals surface area (Å²) >= 11 is 0. The van der Waals surface area contributed by atoms with Gasteiger partial charge in [-0.15, -0.1) is 0 Å². The second kappa shape index (κ2) is 9.29. The highest BCUT2D eigenvalue weighted by Crippen LogP contribution is 2.32. The standard InChI is InChI=1S/C26H26N6O4/c1-16-13-23(27-25-19(16)7-6-8-22(25)36-3)31-24(14-17(2)29-31)28-26(33)18-9-10-20(21(15-18)32(34)35)30-11-4-5-12-30/h6-10,13-15H,4-5,11-12H2,1-3H3,(H,28,33). The fraction of sp³-hybridized carbons (Fsp3) is 0.269. The fourth-order valence-corrected chi connectivity index (χ4v) is 4.64. The average molecular weight is 487 g/mol. The van der Waals surface area contributed by atoms with Crippen molar-refractivity contribution in [3.8, 4) is 11.6 Å². The van der Waals surface area contributed by atoms with Crippen molar-refractivity contribution in [3.05, 3.63) is 75.5 Å². The van der Waals surface area contributed by atoms with Gasteiger partial charge in [0.05, 0.1) is 17.7 Å². The van der Waals surface area contributed by atoms with Crippen molar-refractivity contribution >= 4 is 34.0 Å². The Morgan fingerprint density at radius 3 is 2.61 bits per heavy atom. The van der Waals surface area contributed by atoms with Gasteiger partial charge in [-0.05, 0) is 56.5 Å². The Labute approximate surface area is 207 Å². The van der Waals surface area contributed by atoms with Gasteiger partial charge >= 0.3 is 0 Å². The van der Waals surface area contributed by atoms with Crippen molar-refractivity contribution < 1.29 is 14.5 Å². The Morgan fingerprint density at radius 1 is 1.11 bits per heavy atom. The van der Waals surface area contributed by atoms with E-state index in [0.717, 1.165) is 36.9 Å². The minimum absolute atomic E-state index is 0.0758. The van der Waals surface area contributed by atoms with Crippen LogP contribution < -0.4 is 15.0 Å². The number of anilines is 2. The summed E-state index contributed by atoms with van der Waals surface area (Å²) in [4.78, 5) is 31.2. The van der Waals surface area contributed by atoms with E-state index in [1.807, 2.05) is 43.0 Å². The van der Waals surface area contributed by atoms with Crippen LogP contribution in [-0.2, 0) is 0 Å². The van der Waals surface area contributed by atoms with Crippen LogP contribution in [-0.4, -0.2) is 45.8 Å². The van der Waals surface area contributed by atoms with Crippen LogP contribution in [0.3, 0.4) is 0 Å². The molecule has 1 aliphatic rings. The van der Waals surface area contributed by atoms with Crippen LogP contribution in [0, 0.1) is 24.0 Å². The van der Waals surface area contributed by atoms with Gasteiger partial charge in [0, 0.05) is 36.2 Å². The Bertz CT molecular complexity index is 1490. The molecule has 184 valence electrons. The Hall–Kier alpha value is -4.47. The van der Waals surface area contributed by atoms with E-state index in [4.69, 9.17) is 9.72 Å². The van der Waals surface area contributed by atoms with Gasteiger partial charge in [0.2, 0.25) is 0 Å². The minimum atomic E-state index is -0.470. The number of carbonyl (C=O) groups is 1. The molecule has 2 aromatic heterocycles. The van der Waals surface area contributed by atoms with Crippen LogP contribution in [0.15, 0.2) is 48.5 Å². The van der Waals surface area contributed by atoms with Crippen molar-refractivity contribution in [2.75, 3.05) is 30.4 Å². The Morgan fingerprint density at radius 2 is 1.89 bits per heavy atom. The van der Waals surface area contributed by atoms with Gasteiger partial charge < -0.3 is 15.0 Å². The molecule has 36 heavy (non-hydrogen) atoms. The molecule has 1 N–H and O–H groups in total. The number of nitro groups is 1. The number of ether oxygens (including phenoxy) is 1. The van der Waals surface area contributed by atoms with Gasteiger partial charge in [-0.25, -0.2) is 4.98 Å². The lowest BCUT2D eigenvalue weighted by molar-refractivity contribution is -0.384. The number of amides is 1. The Kier molecular flexibility index (Phi) is 6.01. The van der Waals surface area contributed by atoms with E-state index in [9.17, 15) is 14.9 Å². The van der Waals surface area contributed by atoms with E-state index in [-0.39, 0.29) is 11.3 Å². The van der Waals surface area contributed by atoms with E-state index in [0.29, 0.717) is 34.3 Å². The van der Waals surface area contributed by atoms with E-state index in [1.54, 1.807) is 30.0 Å². The molecule has 0 atom stereocenters. The lowest BCUT2D eigenvalue weighted by atomic mass is 10.1. The number of pyridine rings is 1. The van der Waals surface area contributed by atoms with Gasteiger partial charge in [-0.2, -0.15) is 9.78 Å². The summed E-state index contributed by atoms with van der Waals surface area (Å²) in [6, 6.07) is 13.9. The first-order valence-electron chi connectivity index (χ1n) is 11.7. The molecule has 1 saturated heterocycles. The number of nitrogens with zero attached hydrogens (tertiary/aromatic N) is 5. The van der Waals surface area contributed by atoms with Gasteiger partial charge in [-0.1, -0.05) is 12.1 Å². The minimum Gasteiger partial charge on any atom is -0.494 e. The average Bonchev–Trinajstić information content (AvgIpc) is 3.53. The second-order valence-corrected chi connectivity index (χ2v) is 8.85. The predicted octanol–water partition coefficient (Wildman–Crippen LogP) is 4.81.